The van der Waals surface area contributed by atoms with E-state index >= 15 is 0 Å². The maximum atomic E-state index is 12.7. The molecule has 1 amide bonds. The smallest absolute Gasteiger partial charge is 0.254 e. The number of aromatic nitrogens is 1. The maximum absolute atomic E-state index is 12.7. The van der Waals surface area contributed by atoms with Gasteiger partial charge in [0.2, 0.25) is 0 Å². The quantitative estimate of drug-likeness (QED) is 0.902. The van der Waals surface area contributed by atoms with Crippen molar-refractivity contribution in [2.24, 2.45) is 5.41 Å². The fourth-order valence-electron chi connectivity index (χ4n) is 2.12. The van der Waals surface area contributed by atoms with Crippen LogP contribution in [0.3, 0.4) is 0 Å². The number of pyridine rings is 1. The van der Waals surface area contributed by atoms with Gasteiger partial charge in [-0.15, -0.1) is 0 Å². The van der Waals surface area contributed by atoms with E-state index in [0.29, 0.717) is 5.56 Å². The zero-order valence-corrected chi connectivity index (χ0v) is 14.4. The summed E-state index contributed by atoms with van der Waals surface area (Å²) in [7, 11) is 1.87. The van der Waals surface area contributed by atoms with E-state index in [1.807, 2.05) is 37.9 Å². The Labute approximate surface area is 129 Å². The van der Waals surface area contributed by atoms with Crippen molar-refractivity contribution in [2.75, 3.05) is 18.9 Å². The van der Waals surface area contributed by atoms with Crippen LogP contribution in [0.5, 0.6) is 0 Å². The highest BCUT2D eigenvalue weighted by Crippen LogP contribution is 2.24. The average Bonchev–Trinajstić information content (AvgIpc) is 2.43. The first-order chi connectivity index (χ1) is 9.70. The van der Waals surface area contributed by atoms with Crippen molar-refractivity contribution in [1.82, 2.24) is 9.88 Å². The standard InChI is InChI=1S/C17H29N3O/c1-8-14-10-13(11-15(19-14)18-9-2)16(21)20(7)12(3)17(4,5)6/h10-12H,8-9H2,1-7H3,(H,18,19). The Morgan fingerprint density at radius 2 is 1.95 bits per heavy atom. The van der Waals surface area contributed by atoms with Gasteiger partial charge in [0.15, 0.2) is 0 Å². The molecule has 4 nitrogen and oxygen atoms in total. The van der Waals surface area contributed by atoms with Gasteiger partial charge < -0.3 is 10.2 Å². The first-order valence-electron chi connectivity index (χ1n) is 7.72. The summed E-state index contributed by atoms with van der Waals surface area (Å²) in [5, 5.41) is 3.19. The molecule has 1 unspecified atom stereocenters. The Bertz CT molecular complexity index is 491. The fraction of sp³-hybridized carbons (Fsp3) is 0.647. The van der Waals surface area contributed by atoms with Crippen LogP contribution in [0.25, 0.3) is 0 Å². The number of rotatable bonds is 5. The van der Waals surface area contributed by atoms with Crippen LogP contribution in [0.1, 0.15) is 57.6 Å². The first-order valence-corrected chi connectivity index (χ1v) is 7.72. The third kappa shape index (κ3) is 4.45. The van der Waals surface area contributed by atoms with Crippen molar-refractivity contribution in [3.63, 3.8) is 0 Å². The zero-order chi connectivity index (χ0) is 16.2. The summed E-state index contributed by atoms with van der Waals surface area (Å²) in [5.41, 5.74) is 1.69. The van der Waals surface area contributed by atoms with Gasteiger partial charge in [0.25, 0.3) is 5.91 Å². The predicted octanol–water partition coefficient (Wildman–Crippen LogP) is 3.58. The second-order valence-electron chi connectivity index (χ2n) is 6.57. The summed E-state index contributed by atoms with van der Waals surface area (Å²) >= 11 is 0. The van der Waals surface area contributed by atoms with E-state index in [-0.39, 0.29) is 17.4 Å². The highest BCUT2D eigenvalue weighted by molar-refractivity contribution is 5.95. The lowest BCUT2D eigenvalue weighted by Crippen LogP contribution is -2.43. The molecule has 21 heavy (non-hydrogen) atoms. The van der Waals surface area contributed by atoms with Crippen molar-refractivity contribution >= 4 is 11.7 Å². The summed E-state index contributed by atoms with van der Waals surface area (Å²) in [6.07, 6.45) is 0.818. The normalized spacial score (nSPS) is 12.9. The lowest BCUT2D eigenvalue weighted by molar-refractivity contribution is 0.0629. The predicted molar refractivity (Wildman–Crippen MR) is 88.8 cm³/mol. The van der Waals surface area contributed by atoms with Gasteiger partial charge >= 0.3 is 0 Å². The number of carbonyl (C=O) groups excluding carboxylic acids is 1. The number of anilines is 1. The number of nitrogens with one attached hydrogen (secondary N) is 1. The molecule has 1 heterocycles. The Morgan fingerprint density at radius 1 is 1.33 bits per heavy atom. The number of hydrogen-bond donors (Lipinski definition) is 1. The fourth-order valence-corrected chi connectivity index (χ4v) is 2.12. The van der Waals surface area contributed by atoms with E-state index in [9.17, 15) is 4.79 Å². The molecule has 1 aromatic heterocycles. The summed E-state index contributed by atoms with van der Waals surface area (Å²) in [5.74, 6) is 0.825. The van der Waals surface area contributed by atoms with Gasteiger partial charge in [0.1, 0.15) is 5.82 Å². The van der Waals surface area contributed by atoms with Gasteiger partial charge in [0.05, 0.1) is 0 Å². The van der Waals surface area contributed by atoms with Crippen molar-refractivity contribution in [1.29, 1.82) is 0 Å². The minimum absolute atomic E-state index is 0.0497. The molecule has 1 N–H and O–H groups in total. The number of aryl methyl sites for hydroxylation is 1. The molecule has 0 aromatic carbocycles. The molecule has 1 rings (SSSR count). The Balaban J connectivity index is 3.08. The average molecular weight is 291 g/mol. The molecule has 118 valence electrons. The molecule has 0 fully saturated rings. The number of hydrogen-bond acceptors (Lipinski definition) is 3. The van der Waals surface area contributed by atoms with Crippen LogP contribution in [0, 0.1) is 5.41 Å². The summed E-state index contributed by atoms with van der Waals surface area (Å²) < 4.78 is 0. The molecule has 0 aliphatic rings. The second-order valence-corrected chi connectivity index (χ2v) is 6.57. The number of carbonyl (C=O) groups is 1. The van der Waals surface area contributed by atoms with Crippen LogP contribution in [0.2, 0.25) is 0 Å². The highest BCUT2D eigenvalue weighted by Gasteiger charge is 2.27. The molecule has 1 aromatic rings. The van der Waals surface area contributed by atoms with Crippen LogP contribution < -0.4 is 5.32 Å². The van der Waals surface area contributed by atoms with Gasteiger partial charge in [-0.25, -0.2) is 4.98 Å². The van der Waals surface area contributed by atoms with E-state index < -0.39 is 0 Å². The highest BCUT2D eigenvalue weighted by atomic mass is 16.2. The molecule has 0 aliphatic heterocycles. The number of amides is 1. The van der Waals surface area contributed by atoms with E-state index in [4.69, 9.17) is 0 Å². The van der Waals surface area contributed by atoms with Gasteiger partial charge in [-0.05, 0) is 37.8 Å². The maximum Gasteiger partial charge on any atom is 0.254 e. The van der Waals surface area contributed by atoms with Crippen molar-refractivity contribution in [3.8, 4) is 0 Å². The molecule has 0 aliphatic carbocycles. The van der Waals surface area contributed by atoms with E-state index in [0.717, 1.165) is 24.5 Å². The molecule has 0 radical (unpaired) electrons. The topological polar surface area (TPSA) is 45.2 Å². The minimum Gasteiger partial charge on any atom is -0.370 e. The molecule has 4 heteroatoms. The van der Waals surface area contributed by atoms with Crippen molar-refractivity contribution in [2.45, 2.75) is 54.0 Å². The van der Waals surface area contributed by atoms with Crippen LogP contribution >= 0.6 is 0 Å². The van der Waals surface area contributed by atoms with Gasteiger partial charge in [0, 0.05) is 30.9 Å². The first kappa shape index (κ1) is 17.5. The van der Waals surface area contributed by atoms with Gasteiger partial charge in [-0.3, -0.25) is 4.79 Å². The largest absolute Gasteiger partial charge is 0.370 e. The van der Waals surface area contributed by atoms with Crippen molar-refractivity contribution in [3.05, 3.63) is 23.4 Å². The Hall–Kier alpha value is -1.58. The van der Waals surface area contributed by atoms with Crippen molar-refractivity contribution < 1.29 is 4.79 Å². The third-order valence-corrected chi connectivity index (χ3v) is 4.00. The lowest BCUT2D eigenvalue weighted by atomic mass is 9.87. The van der Waals surface area contributed by atoms with Crippen LogP contribution in [0.4, 0.5) is 5.82 Å². The number of nitrogens with zero attached hydrogens (tertiary/aromatic N) is 2. The summed E-state index contributed by atoms with van der Waals surface area (Å²) in [4.78, 5) is 19.0. The molecule has 0 spiro atoms. The molecule has 0 saturated heterocycles. The monoisotopic (exact) mass is 291 g/mol. The lowest BCUT2D eigenvalue weighted by Gasteiger charge is -2.35. The zero-order valence-electron chi connectivity index (χ0n) is 14.4. The molecule has 0 saturated carbocycles. The summed E-state index contributed by atoms with van der Waals surface area (Å²) in [6, 6.07) is 3.90. The van der Waals surface area contributed by atoms with E-state index in [2.05, 4.69) is 38.0 Å². The Morgan fingerprint density at radius 3 is 2.43 bits per heavy atom. The van der Waals surface area contributed by atoms with E-state index in [1.165, 1.54) is 0 Å². The molecular formula is C17H29N3O. The molecule has 0 bridgehead atoms. The summed E-state index contributed by atoms with van der Waals surface area (Å²) in [6.45, 7) is 13.4. The Kier molecular flexibility index (Phi) is 5.76. The van der Waals surface area contributed by atoms with Crippen LogP contribution in [-0.4, -0.2) is 35.4 Å². The van der Waals surface area contributed by atoms with Gasteiger partial charge in [-0.1, -0.05) is 27.7 Å². The van der Waals surface area contributed by atoms with Crippen LogP contribution in [0.15, 0.2) is 12.1 Å². The second kappa shape index (κ2) is 6.92. The third-order valence-electron chi connectivity index (χ3n) is 4.00. The van der Waals surface area contributed by atoms with E-state index in [1.54, 1.807) is 0 Å². The SMILES string of the molecule is CCNc1cc(C(=O)N(C)C(C)C(C)(C)C)cc(CC)n1. The minimum atomic E-state index is 0.0497. The van der Waals surface area contributed by atoms with Gasteiger partial charge in [-0.2, -0.15) is 0 Å². The molecule has 1 atom stereocenters. The molecular weight excluding hydrogens is 262 g/mol. The van der Waals surface area contributed by atoms with Crippen LogP contribution in [-0.2, 0) is 6.42 Å².